The third-order valence-corrected chi connectivity index (χ3v) is 6.20. The summed E-state index contributed by atoms with van der Waals surface area (Å²) >= 11 is 0. The van der Waals surface area contributed by atoms with Gasteiger partial charge in [0.1, 0.15) is 12.4 Å². The maximum absolute atomic E-state index is 13.0. The van der Waals surface area contributed by atoms with Crippen LogP contribution < -0.4 is 9.64 Å². The zero-order valence-electron chi connectivity index (χ0n) is 20.1. The lowest BCUT2D eigenvalue weighted by Gasteiger charge is -2.42. The third kappa shape index (κ3) is 5.63. The molecule has 8 heteroatoms. The van der Waals surface area contributed by atoms with Crippen molar-refractivity contribution in [2.45, 2.75) is 18.4 Å². The number of β-amino-alcohol motifs (C(OH)–C–C–N with tert-alkyl or cyclic N) is 1. The van der Waals surface area contributed by atoms with Crippen LogP contribution >= 0.6 is 0 Å². The number of ether oxygens (including phenoxy) is 1. The minimum atomic E-state index is -1.00. The molecule has 1 unspecified atom stereocenters. The zero-order valence-corrected chi connectivity index (χ0v) is 20.1. The van der Waals surface area contributed by atoms with Gasteiger partial charge in [0, 0.05) is 61.9 Å². The lowest BCUT2D eigenvalue weighted by molar-refractivity contribution is 0.0000658. The fourth-order valence-corrected chi connectivity index (χ4v) is 4.47. The smallest absolute Gasteiger partial charge is 0.253 e. The summed E-state index contributed by atoms with van der Waals surface area (Å²) in [6, 6.07) is 11.0. The number of aliphatic hydroxyl groups is 1. The number of carbonyl (C=O) groups excluding carboxylic acids is 1. The summed E-state index contributed by atoms with van der Waals surface area (Å²) in [6.45, 7) is 2.95. The van der Waals surface area contributed by atoms with Crippen LogP contribution in [-0.4, -0.2) is 90.3 Å². The summed E-state index contributed by atoms with van der Waals surface area (Å²) < 4.78 is 5.71. The van der Waals surface area contributed by atoms with Gasteiger partial charge in [-0.1, -0.05) is 0 Å². The largest absolute Gasteiger partial charge is 0.492 e. The van der Waals surface area contributed by atoms with E-state index < -0.39 is 5.60 Å². The van der Waals surface area contributed by atoms with E-state index in [9.17, 15) is 9.90 Å². The van der Waals surface area contributed by atoms with Gasteiger partial charge in [-0.15, -0.1) is 0 Å². The van der Waals surface area contributed by atoms with Gasteiger partial charge in [-0.05, 0) is 63.3 Å². The summed E-state index contributed by atoms with van der Waals surface area (Å²) in [7, 11) is 5.74. The van der Waals surface area contributed by atoms with Crippen LogP contribution in [0.1, 0.15) is 23.2 Å². The molecule has 0 aliphatic carbocycles. The molecule has 1 aliphatic heterocycles. The highest BCUT2D eigenvalue weighted by Crippen LogP contribution is 2.31. The van der Waals surface area contributed by atoms with E-state index in [4.69, 9.17) is 4.74 Å². The van der Waals surface area contributed by atoms with Crippen molar-refractivity contribution in [3.63, 3.8) is 0 Å². The van der Waals surface area contributed by atoms with Gasteiger partial charge in [-0.25, -0.2) is 0 Å². The first kappa shape index (κ1) is 23.9. The van der Waals surface area contributed by atoms with Gasteiger partial charge in [0.25, 0.3) is 5.91 Å². The Morgan fingerprint density at radius 1 is 1.15 bits per heavy atom. The Morgan fingerprint density at radius 2 is 1.94 bits per heavy atom. The average Bonchev–Trinajstić information content (AvgIpc) is 2.83. The van der Waals surface area contributed by atoms with Crippen molar-refractivity contribution >= 4 is 22.5 Å². The highest BCUT2D eigenvalue weighted by molar-refractivity contribution is 5.94. The van der Waals surface area contributed by atoms with Crippen molar-refractivity contribution in [1.82, 2.24) is 19.8 Å². The second-order valence-electron chi connectivity index (χ2n) is 9.31. The highest BCUT2D eigenvalue weighted by Gasteiger charge is 2.36. The minimum absolute atomic E-state index is 0.121. The number of nitrogens with zero attached hydrogens (tertiary/aromatic N) is 5. The first-order valence-corrected chi connectivity index (χ1v) is 11.6. The predicted octanol–water partition coefficient (Wildman–Crippen LogP) is 2.67. The number of hydrogen-bond donors (Lipinski definition) is 1. The Hall–Kier alpha value is -3.23. The van der Waals surface area contributed by atoms with Crippen LogP contribution in [0.15, 0.2) is 55.0 Å². The fraction of sp³-hybridized carbons (Fsp3) is 0.423. The Bertz CT molecular complexity index is 1120. The molecule has 1 aromatic carbocycles. The molecule has 0 radical (unpaired) electrons. The van der Waals surface area contributed by atoms with Gasteiger partial charge in [0.15, 0.2) is 0 Å². The molecule has 34 heavy (non-hydrogen) atoms. The summed E-state index contributed by atoms with van der Waals surface area (Å²) in [5.41, 5.74) is 1.46. The van der Waals surface area contributed by atoms with Gasteiger partial charge in [0.2, 0.25) is 0 Å². The quantitative estimate of drug-likeness (QED) is 0.550. The molecule has 3 aromatic rings. The SMILES string of the molecule is CN(C)CCOc1ccc(C(=O)N(C)CC2(O)CCCN(c3ccnc4ccncc34)C2)cc1. The highest BCUT2D eigenvalue weighted by atomic mass is 16.5. The summed E-state index contributed by atoms with van der Waals surface area (Å²) in [6.07, 6.45) is 6.81. The third-order valence-electron chi connectivity index (χ3n) is 6.20. The second-order valence-corrected chi connectivity index (χ2v) is 9.31. The molecule has 3 heterocycles. The number of benzene rings is 1. The van der Waals surface area contributed by atoms with Crippen LogP contribution in [-0.2, 0) is 0 Å². The number of fused-ring (bicyclic) bond motifs is 1. The van der Waals surface area contributed by atoms with Crippen molar-refractivity contribution < 1.29 is 14.6 Å². The van der Waals surface area contributed by atoms with E-state index in [2.05, 4.69) is 19.8 Å². The Balaban J connectivity index is 1.40. The van der Waals surface area contributed by atoms with Crippen molar-refractivity contribution in [2.24, 2.45) is 0 Å². The monoisotopic (exact) mass is 463 g/mol. The standard InChI is InChI=1S/C26H33N5O3/c1-29(2)15-16-34-21-7-5-20(6-8-21)25(32)30(3)18-26(33)11-4-14-31(19-26)24-10-13-28-23-9-12-27-17-22(23)24/h5-10,12-13,17,33H,4,11,14-16,18-19H2,1-3H3. The van der Waals surface area contributed by atoms with Gasteiger partial charge in [-0.2, -0.15) is 0 Å². The number of amides is 1. The first-order valence-electron chi connectivity index (χ1n) is 11.6. The Labute approximate surface area is 200 Å². The number of hydrogen-bond acceptors (Lipinski definition) is 7. The van der Waals surface area contributed by atoms with E-state index in [-0.39, 0.29) is 12.5 Å². The molecular formula is C26H33N5O3. The number of carbonyl (C=O) groups is 1. The molecule has 180 valence electrons. The predicted molar refractivity (Wildman–Crippen MR) is 133 cm³/mol. The van der Waals surface area contributed by atoms with E-state index in [0.717, 1.165) is 41.9 Å². The van der Waals surface area contributed by atoms with E-state index in [1.165, 1.54) is 0 Å². The molecule has 1 saturated heterocycles. The molecule has 0 saturated carbocycles. The molecule has 4 rings (SSSR count). The van der Waals surface area contributed by atoms with Gasteiger partial charge < -0.3 is 24.5 Å². The van der Waals surface area contributed by atoms with E-state index >= 15 is 0 Å². The fourth-order valence-electron chi connectivity index (χ4n) is 4.47. The molecule has 1 aliphatic rings. The Kier molecular flexibility index (Phi) is 7.29. The van der Waals surface area contributed by atoms with E-state index in [0.29, 0.717) is 25.1 Å². The lowest BCUT2D eigenvalue weighted by atomic mass is 9.91. The second kappa shape index (κ2) is 10.4. The van der Waals surface area contributed by atoms with Crippen molar-refractivity contribution in [2.75, 3.05) is 58.8 Å². The zero-order chi connectivity index (χ0) is 24.1. The molecule has 1 atom stereocenters. The van der Waals surface area contributed by atoms with Crippen LogP contribution in [0.2, 0.25) is 0 Å². The van der Waals surface area contributed by atoms with E-state index in [1.807, 2.05) is 44.6 Å². The number of piperidine rings is 1. The topological polar surface area (TPSA) is 82.0 Å². The number of pyridine rings is 2. The maximum atomic E-state index is 13.0. The summed E-state index contributed by atoms with van der Waals surface area (Å²) in [5.74, 6) is 0.616. The number of rotatable bonds is 8. The van der Waals surface area contributed by atoms with Gasteiger partial charge in [-0.3, -0.25) is 14.8 Å². The number of likely N-dealkylation sites (N-methyl/N-ethyl adjacent to an activating group) is 2. The number of anilines is 1. The average molecular weight is 464 g/mol. The van der Waals surface area contributed by atoms with Crippen molar-refractivity contribution in [1.29, 1.82) is 0 Å². The molecular weight excluding hydrogens is 430 g/mol. The molecule has 8 nitrogen and oxygen atoms in total. The van der Waals surface area contributed by atoms with E-state index in [1.54, 1.807) is 36.5 Å². The van der Waals surface area contributed by atoms with Crippen LogP contribution in [0.3, 0.4) is 0 Å². The normalized spacial score (nSPS) is 18.3. The first-order chi connectivity index (χ1) is 16.3. The molecule has 1 amide bonds. The molecule has 2 aromatic heterocycles. The minimum Gasteiger partial charge on any atom is -0.492 e. The summed E-state index contributed by atoms with van der Waals surface area (Å²) in [5, 5.41) is 12.4. The van der Waals surface area contributed by atoms with Gasteiger partial charge in [0.05, 0.1) is 17.7 Å². The maximum Gasteiger partial charge on any atom is 0.253 e. The van der Waals surface area contributed by atoms with Crippen molar-refractivity contribution in [3.8, 4) is 5.75 Å². The molecule has 1 fully saturated rings. The van der Waals surface area contributed by atoms with Crippen LogP contribution in [0.5, 0.6) is 5.75 Å². The summed E-state index contributed by atoms with van der Waals surface area (Å²) in [4.78, 5) is 27.5. The van der Waals surface area contributed by atoms with Crippen molar-refractivity contribution in [3.05, 3.63) is 60.6 Å². The van der Waals surface area contributed by atoms with Crippen LogP contribution in [0.4, 0.5) is 5.69 Å². The molecule has 1 N–H and O–H groups in total. The Morgan fingerprint density at radius 3 is 2.71 bits per heavy atom. The van der Waals surface area contributed by atoms with Crippen LogP contribution in [0.25, 0.3) is 10.9 Å². The molecule has 0 spiro atoms. The lowest BCUT2D eigenvalue weighted by Crippen LogP contribution is -2.54. The molecule has 0 bridgehead atoms. The number of aromatic nitrogens is 2. The van der Waals surface area contributed by atoms with Crippen LogP contribution in [0, 0.1) is 0 Å². The van der Waals surface area contributed by atoms with Gasteiger partial charge >= 0.3 is 0 Å².